The Kier molecular flexibility index (Phi) is 7.04. The Morgan fingerprint density at radius 1 is 1.00 bits per heavy atom. The van der Waals surface area contributed by atoms with Crippen molar-refractivity contribution in [2.24, 2.45) is 9.98 Å². The number of aliphatic imine (C=N–C) groups is 2. The van der Waals surface area contributed by atoms with E-state index in [0.717, 1.165) is 13.0 Å². The molecule has 0 saturated carbocycles. The first-order valence-electron chi connectivity index (χ1n) is 6.56. The van der Waals surface area contributed by atoms with Crippen LogP contribution in [-0.4, -0.2) is 56.7 Å². The Hall–Kier alpha value is -1.48. The van der Waals surface area contributed by atoms with Crippen molar-refractivity contribution in [1.82, 2.24) is 9.80 Å². The van der Waals surface area contributed by atoms with Crippen LogP contribution in [0.25, 0.3) is 0 Å². The molecule has 0 aliphatic rings. The van der Waals surface area contributed by atoms with Gasteiger partial charge in [-0.25, -0.2) is 9.98 Å². The summed E-state index contributed by atoms with van der Waals surface area (Å²) in [7, 11) is 8.32. The topological polar surface area (TPSA) is 31.2 Å². The number of rotatable bonds is 7. The summed E-state index contributed by atoms with van der Waals surface area (Å²) in [6.07, 6.45) is 1.38. The zero-order chi connectivity index (χ0) is 14.1. The predicted molar refractivity (Wildman–Crippen MR) is 80.7 cm³/mol. The van der Waals surface area contributed by atoms with Crippen LogP contribution in [0.5, 0.6) is 0 Å². The van der Waals surface area contributed by atoms with Gasteiger partial charge in [0.25, 0.3) is 0 Å². The van der Waals surface area contributed by atoms with Crippen molar-refractivity contribution in [3.05, 3.63) is 35.9 Å². The Morgan fingerprint density at radius 3 is 2.21 bits per heavy atom. The lowest BCUT2D eigenvalue weighted by atomic mass is 10.2. The highest BCUT2D eigenvalue weighted by Crippen LogP contribution is 2.02. The van der Waals surface area contributed by atoms with Crippen LogP contribution in [0, 0.1) is 0 Å². The van der Waals surface area contributed by atoms with Gasteiger partial charge in [-0.2, -0.15) is 0 Å². The second kappa shape index (κ2) is 8.59. The first-order valence-corrected chi connectivity index (χ1v) is 6.56. The molecule has 0 amide bonds. The van der Waals surface area contributed by atoms with E-state index in [1.807, 2.05) is 18.2 Å². The third-order valence-electron chi connectivity index (χ3n) is 2.94. The zero-order valence-corrected chi connectivity index (χ0v) is 12.4. The molecule has 4 heteroatoms. The highest BCUT2D eigenvalue weighted by atomic mass is 15.3. The fraction of sp³-hybridized carbons (Fsp3) is 0.533. The van der Waals surface area contributed by atoms with Gasteiger partial charge in [0.15, 0.2) is 0 Å². The summed E-state index contributed by atoms with van der Waals surface area (Å²) < 4.78 is 0. The number of hydrogen-bond donors (Lipinski definition) is 0. The second-order valence-electron chi connectivity index (χ2n) is 4.98. The molecule has 1 rings (SSSR count). The van der Waals surface area contributed by atoms with Gasteiger partial charge in [0.05, 0.1) is 25.3 Å². The van der Waals surface area contributed by atoms with Crippen molar-refractivity contribution in [3.8, 4) is 0 Å². The molecule has 1 aromatic carbocycles. The molecule has 19 heavy (non-hydrogen) atoms. The summed E-state index contributed by atoms with van der Waals surface area (Å²) in [5.41, 5.74) is 1.18. The molecule has 104 valence electrons. The van der Waals surface area contributed by atoms with Crippen molar-refractivity contribution in [2.45, 2.75) is 19.1 Å². The molecule has 0 atom stereocenters. The third kappa shape index (κ3) is 6.30. The van der Waals surface area contributed by atoms with E-state index in [4.69, 9.17) is 0 Å². The molecule has 0 spiro atoms. The van der Waals surface area contributed by atoms with E-state index >= 15 is 0 Å². The number of benzene rings is 1. The van der Waals surface area contributed by atoms with E-state index in [1.165, 1.54) is 5.56 Å². The van der Waals surface area contributed by atoms with Crippen LogP contribution in [0.2, 0.25) is 0 Å². The molecule has 0 saturated heterocycles. The van der Waals surface area contributed by atoms with Gasteiger partial charge in [-0.3, -0.25) is 9.80 Å². The fourth-order valence-electron chi connectivity index (χ4n) is 1.97. The van der Waals surface area contributed by atoms with Crippen molar-refractivity contribution in [1.29, 1.82) is 0 Å². The molecule has 1 aromatic rings. The van der Waals surface area contributed by atoms with Crippen molar-refractivity contribution in [2.75, 3.05) is 34.7 Å². The monoisotopic (exact) mass is 260 g/mol. The Balaban J connectivity index is 2.33. The summed E-state index contributed by atoms with van der Waals surface area (Å²) in [6.45, 7) is 1.40. The maximum atomic E-state index is 4.22. The summed E-state index contributed by atoms with van der Waals surface area (Å²) >= 11 is 0. The van der Waals surface area contributed by atoms with Crippen molar-refractivity contribution in [3.63, 3.8) is 0 Å². The molecular formula is C15H24N4. The summed E-state index contributed by atoms with van der Waals surface area (Å²) in [5.74, 6) is 0. The average Bonchev–Trinajstić information content (AvgIpc) is 2.38. The first-order chi connectivity index (χ1) is 9.11. The molecule has 4 nitrogen and oxygen atoms in total. The number of nitrogens with zero attached hydrogens (tertiary/aromatic N) is 4. The van der Waals surface area contributed by atoms with Crippen LogP contribution < -0.4 is 0 Å². The average molecular weight is 260 g/mol. The van der Waals surface area contributed by atoms with Crippen molar-refractivity contribution >= 4 is 6.01 Å². The SMILES string of the molecule is CN(C)C(CCN=C=NCc1ccccc1)N(C)C. The fourth-order valence-corrected chi connectivity index (χ4v) is 1.97. The van der Waals surface area contributed by atoms with Gasteiger partial charge in [0, 0.05) is 0 Å². The molecule has 0 radical (unpaired) electrons. The summed E-state index contributed by atoms with van der Waals surface area (Å²) in [5, 5.41) is 0. The van der Waals surface area contributed by atoms with Crippen molar-refractivity contribution < 1.29 is 0 Å². The maximum absolute atomic E-state index is 4.22. The van der Waals surface area contributed by atoms with Gasteiger partial charge >= 0.3 is 0 Å². The molecule has 0 aliphatic carbocycles. The standard InChI is InChI=1S/C15H24N4/c1-18(2)15(19(3)4)10-11-16-13-17-12-14-8-6-5-7-9-14/h5-9,15H,10-12H2,1-4H3. The Morgan fingerprint density at radius 2 is 1.63 bits per heavy atom. The lowest BCUT2D eigenvalue weighted by Gasteiger charge is -2.29. The van der Waals surface area contributed by atoms with Gasteiger partial charge < -0.3 is 0 Å². The Bertz CT molecular complexity index is 397. The molecular weight excluding hydrogens is 236 g/mol. The van der Waals surface area contributed by atoms with Crippen LogP contribution in [-0.2, 0) is 6.54 Å². The lowest BCUT2D eigenvalue weighted by molar-refractivity contribution is 0.123. The van der Waals surface area contributed by atoms with E-state index in [-0.39, 0.29) is 0 Å². The van der Waals surface area contributed by atoms with Crippen LogP contribution in [0.4, 0.5) is 0 Å². The lowest BCUT2D eigenvalue weighted by Crippen LogP contribution is -2.40. The predicted octanol–water partition coefficient (Wildman–Crippen LogP) is 2.20. The van der Waals surface area contributed by atoms with Crippen LogP contribution in [0.3, 0.4) is 0 Å². The number of hydrogen-bond acceptors (Lipinski definition) is 4. The van der Waals surface area contributed by atoms with Gasteiger partial charge in [0.1, 0.15) is 0 Å². The molecule has 0 fully saturated rings. The summed E-state index contributed by atoms with van der Waals surface area (Å²) in [4.78, 5) is 12.8. The molecule has 0 N–H and O–H groups in total. The molecule has 0 aliphatic heterocycles. The quantitative estimate of drug-likeness (QED) is 0.556. The zero-order valence-electron chi connectivity index (χ0n) is 12.4. The summed E-state index contributed by atoms with van der Waals surface area (Å²) in [6, 6.07) is 12.9. The molecule has 0 heterocycles. The minimum Gasteiger partial charge on any atom is -0.294 e. The van der Waals surface area contributed by atoms with Crippen LogP contribution in [0.15, 0.2) is 40.3 Å². The van der Waals surface area contributed by atoms with Crippen LogP contribution >= 0.6 is 0 Å². The third-order valence-corrected chi connectivity index (χ3v) is 2.94. The smallest absolute Gasteiger partial charge is 0.0896 e. The Labute approximate surface area is 116 Å². The normalized spacial score (nSPS) is 10.9. The highest BCUT2D eigenvalue weighted by Gasteiger charge is 2.12. The van der Waals surface area contributed by atoms with E-state index in [0.29, 0.717) is 12.7 Å². The molecule has 0 bridgehead atoms. The molecule has 0 unspecified atom stereocenters. The minimum absolute atomic E-state index is 0.402. The van der Waals surface area contributed by atoms with E-state index in [9.17, 15) is 0 Å². The van der Waals surface area contributed by atoms with Crippen LogP contribution in [0.1, 0.15) is 12.0 Å². The second-order valence-corrected chi connectivity index (χ2v) is 4.98. The van der Waals surface area contributed by atoms with E-state index < -0.39 is 0 Å². The van der Waals surface area contributed by atoms with Gasteiger partial charge in [-0.15, -0.1) is 0 Å². The van der Waals surface area contributed by atoms with E-state index in [2.05, 4.69) is 66.1 Å². The maximum Gasteiger partial charge on any atom is 0.0896 e. The van der Waals surface area contributed by atoms with Gasteiger partial charge in [-0.05, 0) is 40.2 Å². The highest BCUT2D eigenvalue weighted by molar-refractivity contribution is 5.41. The van der Waals surface area contributed by atoms with Gasteiger partial charge in [0.2, 0.25) is 0 Å². The van der Waals surface area contributed by atoms with Gasteiger partial charge in [-0.1, -0.05) is 30.3 Å². The first kappa shape index (κ1) is 15.6. The van der Waals surface area contributed by atoms with E-state index in [1.54, 1.807) is 0 Å². The minimum atomic E-state index is 0.402. The molecule has 0 aromatic heterocycles. The largest absolute Gasteiger partial charge is 0.294 e.